The van der Waals surface area contributed by atoms with Crippen LogP contribution in [0.15, 0.2) is 138 Å². The summed E-state index contributed by atoms with van der Waals surface area (Å²) in [6.07, 6.45) is 6.46. The Labute approximate surface area is 357 Å². The normalized spacial score (nSPS) is 11.5. The first-order chi connectivity index (χ1) is 27.5. The van der Waals surface area contributed by atoms with Crippen molar-refractivity contribution in [2.75, 3.05) is 0 Å². The number of hydrogen-bond acceptors (Lipinski definition) is 3. The van der Waals surface area contributed by atoms with Gasteiger partial charge >= 0.3 is 0 Å². The van der Waals surface area contributed by atoms with Crippen molar-refractivity contribution in [3.05, 3.63) is 168 Å². The zero-order valence-electron chi connectivity index (χ0n) is 34.6. The average molecular weight is 952 g/mol. The van der Waals surface area contributed by atoms with Crippen LogP contribution in [0.3, 0.4) is 0 Å². The van der Waals surface area contributed by atoms with E-state index in [1.807, 2.05) is 24.3 Å². The fourth-order valence-corrected chi connectivity index (χ4v) is 9.81. The quantitative estimate of drug-likeness (QED) is 0.118. The van der Waals surface area contributed by atoms with Gasteiger partial charge in [0.25, 0.3) is 0 Å². The molecule has 9 aromatic rings. The number of rotatable bonds is 7. The van der Waals surface area contributed by atoms with Gasteiger partial charge in [-0.25, -0.2) is 0 Å². The van der Waals surface area contributed by atoms with Crippen molar-refractivity contribution in [2.45, 2.75) is 60.7 Å². The number of hydrogen-bond donors (Lipinski definition) is 0. The minimum Gasteiger partial charge on any atom is -0.557 e. The smallest absolute Gasteiger partial charge is 0.0798 e. The number of imidazole rings is 1. The number of benzene rings is 6. The Balaban J connectivity index is 0.000000208. The molecule has 293 valence electrons. The van der Waals surface area contributed by atoms with Crippen LogP contribution >= 0.6 is 0 Å². The van der Waals surface area contributed by atoms with Gasteiger partial charge in [0, 0.05) is 43.8 Å². The van der Waals surface area contributed by atoms with Crippen molar-refractivity contribution in [3.63, 3.8) is 0 Å². The number of fused-ring (bicyclic) bond motifs is 3. The van der Waals surface area contributed by atoms with Crippen LogP contribution in [0, 0.1) is 39.0 Å². The van der Waals surface area contributed by atoms with E-state index in [-0.39, 0.29) is 20.1 Å². The predicted molar refractivity (Wildman–Crippen MR) is 242 cm³/mol. The monoisotopic (exact) mass is 952 g/mol. The van der Waals surface area contributed by atoms with E-state index in [4.69, 9.17) is 9.40 Å². The Morgan fingerprint density at radius 1 is 0.759 bits per heavy atom. The third kappa shape index (κ3) is 8.02. The Morgan fingerprint density at radius 3 is 2.16 bits per heavy atom. The van der Waals surface area contributed by atoms with Gasteiger partial charge in [0.2, 0.25) is 0 Å². The Bertz CT molecular complexity index is 2840. The van der Waals surface area contributed by atoms with Gasteiger partial charge in [-0.1, -0.05) is 134 Å². The fourth-order valence-electron chi connectivity index (χ4n) is 8.22. The van der Waals surface area contributed by atoms with Crippen molar-refractivity contribution in [1.29, 1.82) is 0 Å². The van der Waals surface area contributed by atoms with Crippen molar-refractivity contribution < 1.29 is 24.5 Å². The van der Waals surface area contributed by atoms with Gasteiger partial charge in [-0.2, -0.15) is 0 Å². The SMILES string of the molecule is CC(C)Cc1cc(-c2[c-]cccc2)ncc1[Si](C)(C)C.Cc1cc(-n2c(-c3[c-]oc4c(C)c5ccccc5cc34)nc3ccccc32)cc(C)c1-c1ccccc1.[Ir]. The number of aromatic nitrogens is 3. The molecule has 0 aliphatic rings. The first-order valence-corrected chi connectivity index (χ1v) is 23.4. The van der Waals surface area contributed by atoms with E-state index in [2.05, 4.69) is 185 Å². The first kappa shape index (κ1) is 40.8. The van der Waals surface area contributed by atoms with Crippen LogP contribution in [-0.4, -0.2) is 22.6 Å². The van der Waals surface area contributed by atoms with E-state index in [0.29, 0.717) is 5.92 Å². The van der Waals surface area contributed by atoms with E-state index < -0.39 is 8.07 Å². The molecule has 0 aliphatic heterocycles. The third-order valence-corrected chi connectivity index (χ3v) is 12.9. The summed E-state index contributed by atoms with van der Waals surface area (Å²) in [5.41, 5.74) is 14.5. The minimum atomic E-state index is -1.34. The molecule has 9 rings (SSSR count). The molecule has 0 amide bonds. The first-order valence-electron chi connectivity index (χ1n) is 19.9. The number of pyridine rings is 1. The molecule has 0 bridgehead atoms. The molecule has 1 radical (unpaired) electrons. The second kappa shape index (κ2) is 16.8. The van der Waals surface area contributed by atoms with Crippen LogP contribution in [-0.2, 0) is 26.5 Å². The van der Waals surface area contributed by atoms with Gasteiger partial charge in [-0.15, -0.1) is 35.9 Å². The molecule has 6 aromatic carbocycles. The molecule has 0 spiro atoms. The molecular formula is C52H49IrN3OSi-2. The molecule has 0 fully saturated rings. The van der Waals surface area contributed by atoms with E-state index in [9.17, 15) is 0 Å². The van der Waals surface area contributed by atoms with Crippen molar-refractivity contribution in [1.82, 2.24) is 14.5 Å². The molecule has 3 aromatic heterocycles. The summed E-state index contributed by atoms with van der Waals surface area (Å²) in [6.45, 7) is 18.2. The molecular weight excluding hydrogens is 903 g/mol. The molecule has 6 heteroatoms. The Hall–Kier alpha value is -5.39. The van der Waals surface area contributed by atoms with Crippen LogP contribution < -0.4 is 5.19 Å². The predicted octanol–water partition coefficient (Wildman–Crippen LogP) is 13.3. The summed E-state index contributed by atoms with van der Waals surface area (Å²) >= 11 is 0. The van der Waals surface area contributed by atoms with Crippen molar-refractivity contribution in [3.8, 4) is 39.5 Å². The van der Waals surface area contributed by atoms with Crippen LogP contribution in [0.1, 0.15) is 36.1 Å². The van der Waals surface area contributed by atoms with Crippen LogP contribution in [0.2, 0.25) is 19.6 Å². The second-order valence-electron chi connectivity index (χ2n) is 16.6. The average Bonchev–Trinajstić information content (AvgIpc) is 3.80. The summed E-state index contributed by atoms with van der Waals surface area (Å²) in [5.74, 6) is 1.50. The summed E-state index contributed by atoms with van der Waals surface area (Å²) < 4.78 is 8.32. The van der Waals surface area contributed by atoms with E-state index in [1.165, 1.54) is 43.8 Å². The molecule has 0 N–H and O–H groups in total. The van der Waals surface area contributed by atoms with Crippen molar-refractivity contribution in [2.24, 2.45) is 5.92 Å². The third-order valence-electron chi connectivity index (χ3n) is 10.8. The number of furan rings is 1. The van der Waals surface area contributed by atoms with Gasteiger partial charge in [0.05, 0.1) is 24.9 Å². The van der Waals surface area contributed by atoms with Crippen LogP contribution in [0.25, 0.3) is 72.2 Å². The molecule has 0 atom stereocenters. The fraction of sp³-hybridized carbons (Fsp3) is 0.192. The van der Waals surface area contributed by atoms with E-state index in [1.54, 1.807) is 0 Å². The minimum absolute atomic E-state index is 0. The summed E-state index contributed by atoms with van der Waals surface area (Å²) in [5, 5.41) is 4.90. The molecule has 0 unspecified atom stereocenters. The number of para-hydroxylation sites is 2. The molecule has 4 nitrogen and oxygen atoms in total. The maximum atomic E-state index is 6.08. The summed E-state index contributed by atoms with van der Waals surface area (Å²) in [6, 6.07) is 47.7. The summed E-state index contributed by atoms with van der Waals surface area (Å²) in [7, 11) is -1.34. The van der Waals surface area contributed by atoms with Gasteiger partial charge in [-0.05, 0) is 101 Å². The van der Waals surface area contributed by atoms with E-state index in [0.717, 1.165) is 62.3 Å². The van der Waals surface area contributed by atoms with Gasteiger partial charge in [0.15, 0.2) is 0 Å². The van der Waals surface area contributed by atoms with Gasteiger partial charge < -0.3 is 14.0 Å². The number of nitrogens with zero attached hydrogens (tertiary/aromatic N) is 3. The van der Waals surface area contributed by atoms with Gasteiger partial charge in [0.1, 0.15) is 0 Å². The molecule has 3 heterocycles. The molecule has 0 saturated carbocycles. The molecule has 58 heavy (non-hydrogen) atoms. The maximum Gasteiger partial charge on any atom is 0.0798 e. The Kier molecular flexibility index (Phi) is 11.8. The maximum absolute atomic E-state index is 6.08. The summed E-state index contributed by atoms with van der Waals surface area (Å²) in [4.78, 5) is 9.79. The zero-order chi connectivity index (χ0) is 39.8. The number of aryl methyl sites for hydroxylation is 3. The second-order valence-corrected chi connectivity index (χ2v) is 21.6. The Morgan fingerprint density at radius 2 is 1.45 bits per heavy atom. The molecule has 0 saturated heterocycles. The van der Waals surface area contributed by atoms with Gasteiger partial charge in [-0.3, -0.25) is 4.98 Å². The van der Waals surface area contributed by atoms with Crippen molar-refractivity contribution >= 4 is 46.0 Å². The van der Waals surface area contributed by atoms with Crippen LogP contribution in [0.5, 0.6) is 0 Å². The zero-order valence-corrected chi connectivity index (χ0v) is 38.0. The molecule has 0 aliphatic carbocycles. The topological polar surface area (TPSA) is 43.9 Å². The standard InChI is InChI=1S/C34H25N2O.C18H24NSi.Ir/c1-21-17-26(18-22(2)32(21)24-11-5-4-6-12-24)36-31-16-10-9-15-30(31)35-34(36)29-20-37-33-23(3)27-14-8-7-13-25(27)19-28(29)33;1-14(2)11-16-12-17(15-9-7-6-8-10-15)19-13-18(16)20(3,4)5;/h4-19H,1-3H3;6-9,12-14H,11H2,1-5H3;/q2*-1;. The van der Waals surface area contributed by atoms with E-state index >= 15 is 0 Å². The largest absolute Gasteiger partial charge is 0.557 e. The van der Waals surface area contributed by atoms with Crippen LogP contribution in [0.4, 0.5) is 0 Å².